The van der Waals surface area contributed by atoms with E-state index in [-0.39, 0.29) is 4.75 Å². The molecule has 5 heteroatoms. The average Bonchev–Trinajstić information content (AvgIpc) is 2.50. The predicted octanol–water partition coefficient (Wildman–Crippen LogP) is 4.19. The highest BCUT2D eigenvalue weighted by Crippen LogP contribution is 2.30. The number of aryl methyl sites for hydroxylation is 1. The van der Waals surface area contributed by atoms with Crippen molar-refractivity contribution in [3.63, 3.8) is 0 Å². The molecule has 0 aromatic carbocycles. The van der Waals surface area contributed by atoms with E-state index in [0.29, 0.717) is 0 Å². The van der Waals surface area contributed by atoms with E-state index in [1.54, 1.807) is 0 Å². The molecule has 1 rings (SSSR count). The second-order valence-electron chi connectivity index (χ2n) is 5.28. The summed E-state index contributed by atoms with van der Waals surface area (Å²) in [6.07, 6.45) is 6.49. The van der Waals surface area contributed by atoms with Crippen molar-refractivity contribution in [2.24, 2.45) is 0 Å². The zero-order valence-electron chi connectivity index (χ0n) is 14.1. The molecule has 0 atom stereocenters. The maximum Gasteiger partial charge on any atom is 0.133 e. The normalized spacial score (nSPS) is 11.5. The lowest BCUT2D eigenvalue weighted by molar-refractivity contribution is 0.573. The summed E-state index contributed by atoms with van der Waals surface area (Å²) in [7, 11) is 0. The molecule has 0 saturated carbocycles. The maximum absolute atomic E-state index is 4.64. The first-order valence-electron chi connectivity index (χ1n) is 8.03. The molecule has 1 heterocycles. The summed E-state index contributed by atoms with van der Waals surface area (Å²) in [5, 5.41) is 6.81. The minimum atomic E-state index is 0.286. The summed E-state index contributed by atoms with van der Waals surface area (Å²) in [6, 6.07) is 2.01. The van der Waals surface area contributed by atoms with Gasteiger partial charge < -0.3 is 10.6 Å². The quantitative estimate of drug-likeness (QED) is 0.678. The minimum absolute atomic E-state index is 0.286. The number of hydrogen-bond acceptors (Lipinski definition) is 5. The number of nitrogens with zero attached hydrogens (tertiary/aromatic N) is 2. The van der Waals surface area contributed by atoms with Crippen LogP contribution in [-0.2, 0) is 6.42 Å². The molecule has 0 fully saturated rings. The molecule has 1 aromatic heterocycles. The van der Waals surface area contributed by atoms with Crippen LogP contribution in [0.1, 0.15) is 52.8 Å². The molecule has 0 amide bonds. The van der Waals surface area contributed by atoms with Crippen LogP contribution < -0.4 is 10.6 Å². The van der Waals surface area contributed by atoms with E-state index in [9.17, 15) is 0 Å². The summed E-state index contributed by atoms with van der Waals surface area (Å²) in [5.74, 6) is 2.77. The number of thioether (sulfide) groups is 1. The van der Waals surface area contributed by atoms with E-state index in [4.69, 9.17) is 0 Å². The maximum atomic E-state index is 4.64. The number of rotatable bonds is 10. The van der Waals surface area contributed by atoms with Gasteiger partial charge in [0.1, 0.15) is 17.5 Å². The summed E-state index contributed by atoms with van der Waals surface area (Å²) < 4.78 is 0.286. The Morgan fingerprint density at radius 1 is 1.05 bits per heavy atom. The lowest BCUT2D eigenvalue weighted by atomic mass is 10.0. The highest BCUT2D eigenvalue weighted by atomic mass is 32.2. The Morgan fingerprint density at radius 2 is 1.67 bits per heavy atom. The van der Waals surface area contributed by atoms with Gasteiger partial charge in [-0.3, -0.25) is 0 Å². The third-order valence-corrected chi connectivity index (χ3v) is 5.51. The van der Waals surface area contributed by atoms with Gasteiger partial charge in [0.15, 0.2) is 0 Å². The van der Waals surface area contributed by atoms with E-state index >= 15 is 0 Å². The number of anilines is 2. The predicted molar refractivity (Wildman–Crippen MR) is 95.5 cm³/mol. The van der Waals surface area contributed by atoms with Gasteiger partial charge in [0.2, 0.25) is 0 Å². The van der Waals surface area contributed by atoms with Gasteiger partial charge >= 0.3 is 0 Å². The van der Waals surface area contributed by atoms with Gasteiger partial charge in [0, 0.05) is 30.3 Å². The SMILES string of the molecule is CCCc1nc(NCC)cc(NCC(CC)(CC)SC)n1. The minimum Gasteiger partial charge on any atom is -0.370 e. The molecule has 0 aliphatic heterocycles. The molecule has 2 N–H and O–H groups in total. The number of nitrogens with one attached hydrogen (secondary N) is 2. The largest absolute Gasteiger partial charge is 0.370 e. The molecular formula is C16H30N4S. The molecule has 0 unspecified atom stereocenters. The molecule has 0 bridgehead atoms. The Bertz CT molecular complexity index is 386. The van der Waals surface area contributed by atoms with Gasteiger partial charge in [-0.25, -0.2) is 9.97 Å². The topological polar surface area (TPSA) is 49.8 Å². The van der Waals surface area contributed by atoms with Crippen LogP contribution in [0.2, 0.25) is 0 Å². The van der Waals surface area contributed by atoms with Crippen LogP contribution in [0.5, 0.6) is 0 Å². The summed E-state index contributed by atoms with van der Waals surface area (Å²) >= 11 is 1.94. The summed E-state index contributed by atoms with van der Waals surface area (Å²) in [6.45, 7) is 10.6. The van der Waals surface area contributed by atoms with E-state index in [1.807, 2.05) is 17.8 Å². The van der Waals surface area contributed by atoms with E-state index in [2.05, 4.69) is 54.6 Å². The van der Waals surface area contributed by atoms with Crippen molar-refractivity contribution >= 4 is 23.4 Å². The van der Waals surface area contributed by atoms with Crippen molar-refractivity contribution in [2.75, 3.05) is 30.0 Å². The average molecular weight is 311 g/mol. The molecule has 0 radical (unpaired) electrons. The fraction of sp³-hybridized carbons (Fsp3) is 0.750. The van der Waals surface area contributed by atoms with Gasteiger partial charge in [0.25, 0.3) is 0 Å². The van der Waals surface area contributed by atoms with Gasteiger partial charge in [-0.05, 0) is 32.4 Å². The summed E-state index contributed by atoms with van der Waals surface area (Å²) in [4.78, 5) is 9.19. The molecular weight excluding hydrogens is 280 g/mol. The van der Waals surface area contributed by atoms with Crippen molar-refractivity contribution in [3.8, 4) is 0 Å². The highest BCUT2D eigenvalue weighted by Gasteiger charge is 2.24. The van der Waals surface area contributed by atoms with Crippen LogP contribution in [-0.4, -0.2) is 34.1 Å². The van der Waals surface area contributed by atoms with Crippen LogP contribution >= 0.6 is 11.8 Å². The Labute approximate surface area is 133 Å². The van der Waals surface area contributed by atoms with Gasteiger partial charge in [-0.2, -0.15) is 11.8 Å². The molecule has 1 aromatic rings. The van der Waals surface area contributed by atoms with E-state index in [1.165, 1.54) is 0 Å². The summed E-state index contributed by atoms with van der Waals surface area (Å²) in [5.41, 5.74) is 0. The molecule has 0 aliphatic rings. The Morgan fingerprint density at radius 3 is 2.14 bits per heavy atom. The van der Waals surface area contributed by atoms with Crippen LogP contribution in [0.15, 0.2) is 6.07 Å². The Hall–Kier alpha value is -0.970. The van der Waals surface area contributed by atoms with Crippen LogP contribution in [0, 0.1) is 0 Å². The van der Waals surface area contributed by atoms with Gasteiger partial charge in [-0.1, -0.05) is 20.8 Å². The fourth-order valence-electron chi connectivity index (χ4n) is 2.31. The smallest absolute Gasteiger partial charge is 0.133 e. The van der Waals surface area contributed by atoms with Crippen LogP contribution in [0.3, 0.4) is 0 Å². The molecule has 120 valence electrons. The Balaban J connectivity index is 2.85. The van der Waals surface area contributed by atoms with Crippen molar-refractivity contribution in [2.45, 2.75) is 58.1 Å². The first-order valence-corrected chi connectivity index (χ1v) is 9.26. The van der Waals surface area contributed by atoms with E-state index in [0.717, 1.165) is 56.2 Å². The zero-order valence-corrected chi connectivity index (χ0v) is 14.9. The molecule has 0 aliphatic carbocycles. The second-order valence-corrected chi connectivity index (χ2v) is 6.56. The highest BCUT2D eigenvalue weighted by molar-refractivity contribution is 8.00. The third kappa shape index (κ3) is 5.38. The van der Waals surface area contributed by atoms with Crippen molar-refractivity contribution in [1.29, 1.82) is 0 Å². The first-order chi connectivity index (χ1) is 10.1. The Kier molecular flexibility index (Phi) is 7.86. The van der Waals surface area contributed by atoms with Crippen LogP contribution in [0.25, 0.3) is 0 Å². The van der Waals surface area contributed by atoms with E-state index < -0.39 is 0 Å². The van der Waals surface area contributed by atoms with Crippen LogP contribution in [0.4, 0.5) is 11.6 Å². The van der Waals surface area contributed by atoms with Crippen molar-refractivity contribution in [1.82, 2.24) is 9.97 Å². The number of aromatic nitrogens is 2. The molecule has 4 nitrogen and oxygen atoms in total. The van der Waals surface area contributed by atoms with Gasteiger partial charge in [0.05, 0.1) is 0 Å². The second kappa shape index (κ2) is 9.13. The number of hydrogen-bond donors (Lipinski definition) is 2. The molecule has 0 spiro atoms. The van der Waals surface area contributed by atoms with Gasteiger partial charge in [-0.15, -0.1) is 0 Å². The third-order valence-electron chi connectivity index (χ3n) is 3.92. The lowest BCUT2D eigenvalue weighted by Crippen LogP contribution is -2.32. The zero-order chi connectivity index (χ0) is 15.7. The monoisotopic (exact) mass is 310 g/mol. The standard InChI is InChI=1S/C16H30N4S/c1-6-10-13-19-14(17-9-4)11-15(20-13)18-12-16(7-2,8-3)21-5/h11H,6-10,12H2,1-5H3,(H2,17,18,19,20). The fourth-order valence-corrected chi connectivity index (χ4v) is 3.10. The first kappa shape index (κ1) is 18.1. The molecule has 0 saturated heterocycles. The molecule has 21 heavy (non-hydrogen) atoms. The van der Waals surface area contributed by atoms with Crippen molar-refractivity contribution in [3.05, 3.63) is 11.9 Å². The van der Waals surface area contributed by atoms with Crippen molar-refractivity contribution < 1.29 is 0 Å². The lowest BCUT2D eigenvalue weighted by Gasteiger charge is -2.30.